The van der Waals surface area contributed by atoms with Gasteiger partial charge in [0.2, 0.25) is 0 Å². The van der Waals surface area contributed by atoms with Gasteiger partial charge in [-0.2, -0.15) is 0 Å². The minimum atomic E-state index is -0.0998. The molecule has 0 radical (unpaired) electrons. The quantitative estimate of drug-likeness (QED) is 0.705. The SMILES string of the molecule is CCOc1ccccc1CCCNC(=O)COc1cc(C)cc(C)c1. The van der Waals surface area contributed by atoms with E-state index < -0.39 is 0 Å². The zero-order chi connectivity index (χ0) is 18.1. The van der Waals surface area contributed by atoms with Crippen LogP contribution in [-0.2, 0) is 11.2 Å². The van der Waals surface area contributed by atoms with Crippen LogP contribution in [-0.4, -0.2) is 25.7 Å². The largest absolute Gasteiger partial charge is 0.494 e. The Hall–Kier alpha value is -2.49. The third kappa shape index (κ3) is 6.49. The Morgan fingerprint density at radius 2 is 1.76 bits per heavy atom. The molecule has 0 bridgehead atoms. The summed E-state index contributed by atoms with van der Waals surface area (Å²) in [5, 5.41) is 2.90. The average molecular weight is 341 g/mol. The molecule has 0 saturated heterocycles. The van der Waals surface area contributed by atoms with E-state index in [1.54, 1.807) is 0 Å². The predicted molar refractivity (Wildman–Crippen MR) is 100 cm³/mol. The highest BCUT2D eigenvalue weighted by molar-refractivity contribution is 5.77. The predicted octanol–water partition coefficient (Wildman–Crippen LogP) is 3.83. The summed E-state index contributed by atoms with van der Waals surface area (Å²) in [5.74, 6) is 1.56. The van der Waals surface area contributed by atoms with Gasteiger partial charge in [-0.25, -0.2) is 0 Å². The summed E-state index contributed by atoms with van der Waals surface area (Å²) in [6.07, 6.45) is 1.73. The highest BCUT2D eigenvalue weighted by atomic mass is 16.5. The van der Waals surface area contributed by atoms with Crippen LogP contribution in [0, 0.1) is 13.8 Å². The third-order valence-electron chi connectivity index (χ3n) is 3.78. The van der Waals surface area contributed by atoms with Crippen LogP contribution in [0.2, 0.25) is 0 Å². The fourth-order valence-corrected chi connectivity index (χ4v) is 2.73. The molecule has 134 valence electrons. The standard InChI is InChI=1S/C21H27NO3/c1-4-24-20-10-6-5-8-18(20)9-7-11-22-21(23)15-25-19-13-16(2)12-17(3)14-19/h5-6,8,10,12-14H,4,7,9,11,15H2,1-3H3,(H,22,23). The van der Waals surface area contributed by atoms with Crippen LogP contribution >= 0.6 is 0 Å². The van der Waals surface area contributed by atoms with E-state index in [-0.39, 0.29) is 12.5 Å². The maximum Gasteiger partial charge on any atom is 0.257 e. The monoisotopic (exact) mass is 341 g/mol. The van der Waals surface area contributed by atoms with Gasteiger partial charge < -0.3 is 14.8 Å². The van der Waals surface area contributed by atoms with Crippen molar-refractivity contribution in [2.45, 2.75) is 33.6 Å². The Kier molecular flexibility index (Phi) is 7.33. The van der Waals surface area contributed by atoms with Crippen molar-refractivity contribution in [2.24, 2.45) is 0 Å². The first kappa shape index (κ1) is 18.8. The number of para-hydroxylation sites is 1. The molecule has 2 rings (SSSR count). The van der Waals surface area contributed by atoms with Crippen LogP contribution in [0.5, 0.6) is 11.5 Å². The van der Waals surface area contributed by atoms with Gasteiger partial charge in [-0.3, -0.25) is 4.79 Å². The van der Waals surface area contributed by atoms with Crippen molar-refractivity contribution < 1.29 is 14.3 Å². The van der Waals surface area contributed by atoms with Crippen molar-refractivity contribution in [3.63, 3.8) is 0 Å². The van der Waals surface area contributed by atoms with Gasteiger partial charge >= 0.3 is 0 Å². The van der Waals surface area contributed by atoms with E-state index in [0.29, 0.717) is 13.2 Å². The summed E-state index contributed by atoms with van der Waals surface area (Å²) in [5.41, 5.74) is 3.43. The van der Waals surface area contributed by atoms with E-state index in [1.807, 2.05) is 51.1 Å². The lowest BCUT2D eigenvalue weighted by atomic mass is 10.1. The molecule has 0 heterocycles. The Labute approximate surface area is 150 Å². The van der Waals surface area contributed by atoms with E-state index in [2.05, 4.69) is 17.4 Å². The van der Waals surface area contributed by atoms with E-state index in [0.717, 1.165) is 35.5 Å². The van der Waals surface area contributed by atoms with Crippen molar-refractivity contribution in [3.8, 4) is 11.5 Å². The summed E-state index contributed by atoms with van der Waals surface area (Å²) >= 11 is 0. The first-order chi connectivity index (χ1) is 12.1. The van der Waals surface area contributed by atoms with Gasteiger partial charge in [0.1, 0.15) is 11.5 Å². The molecule has 2 aromatic carbocycles. The van der Waals surface area contributed by atoms with Crippen LogP contribution in [0.4, 0.5) is 0 Å². The molecule has 0 aromatic heterocycles. The number of benzene rings is 2. The Balaban J connectivity index is 1.70. The van der Waals surface area contributed by atoms with Crippen LogP contribution in [0.1, 0.15) is 30.0 Å². The number of aryl methyl sites for hydroxylation is 3. The molecule has 0 aliphatic heterocycles. The molecule has 0 fully saturated rings. The molecule has 4 heteroatoms. The van der Waals surface area contributed by atoms with Gasteiger partial charge in [0, 0.05) is 6.54 Å². The first-order valence-corrected chi connectivity index (χ1v) is 8.77. The molecule has 25 heavy (non-hydrogen) atoms. The second-order valence-electron chi connectivity index (χ2n) is 6.11. The van der Waals surface area contributed by atoms with Crippen molar-refractivity contribution >= 4 is 5.91 Å². The smallest absolute Gasteiger partial charge is 0.257 e. The molecule has 0 unspecified atom stereocenters. The topological polar surface area (TPSA) is 47.6 Å². The second kappa shape index (κ2) is 9.72. The molecule has 0 aliphatic rings. The van der Waals surface area contributed by atoms with Gasteiger partial charge in [0.05, 0.1) is 6.61 Å². The van der Waals surface area contributed by atoms with Crippen LogP contribution < -0.4 is 14.8 Å². The van der Waals surface area contributed by atoms with Gasteiger partial charge in [-0.05, 0) is 68.5 Å². The van der Waals surface area contributed by atoms with Gasteiger partial charge in [-0.15, -0.1) is 0 Å². The zero-order valence-electron chi connectivity index (χ0n) is 15.3. The molecule has 1 amide bonds. The van der Waals surface area contributed by atoms with Crippen LogP contribution in [0.15, 0.2) is 42.5 Å². The number of rotatable bonds is 9. The number of nitrogens with one attached hydrogen (secondary N) is 1. The van der Waals surface area contributed by atoms with Crippen molar-refractivity contribution in [1.82, 2.24) is 5.32 Å². The number of carbonyl (C=O) groups is 1. The number of ether oxygens (including phenoxy) is 2. The van der Waals surface area contributed by atoms with Gasteiger partial charge in [0.25, 0.3) is 5.91 Å². The maximum atomic E-state index is 11.9. The van der Waals surface area contributed by atoms with E-state index in [4.69, 9.17) is 9.47 Å². The van der Waals surface area contributed by atoms with Crippen LogP contribution in [0.3, 0.4) is 0 Å². The normalized spacial score (nSPS) is 10.4. The molecule has 1 N–H and O–H groups in total. The lowest BCUT2D eigenvalue weighted by Gasteiger charge is -2.11. The second-order valence-corrected chi connectivity index (χ2v) is 6.11. The van der Waals surface area contributed by atoms with E-state index in [1.165, 1.54) is 5.56 Å². The summed E-state index contributed by atoms with van der Waals surface area (Å²) in [4.78, 5) is 11.9. The highest BCUT2D eigenvalue weighted by Crippen LogP contribution is 2.19. The fourth-order valence-electron chi connectivity index (χ4n) is 2.73. The van der Waals surface area contributed by atoms with Gasteiger partial charge in [0.15, 0.2) is 6.61 Å². The summed E-state index contributed by atoms with van der Waals surface area (Å²) in [7, 11) is 0. The fraction of sp³-hybridized carbons (Fsp3) is 0.381. The summed E-state index contributed by atoms with van der Waals surface area (Å²) < 4.78 is 11.2. The molecule has 0 saturated carbocycles. The molecule has 2 aromatic rings. The molecular weight excluding hydrogens is 314 g/mol. The number of amides is 1. The zero-order valence-corrected chi connectivity index (χ0v) is 15.3. The molecule has 0 spiro atoms. The Morgan fingerprint density at radius 1 is 1.04 bits per heavy atom. The first-order valence-electron chi connectivity index (χ1n) is 8.77. The van der Waals surface area contributed by atoms with E-state index >= 15 is 0 Å². The average Bonchev–Trinajstić information content (AvgIpc) is 2.58. The summed E-state index contributed by atoms with van der Waals surface area (Å²) in [6, 6.07) is 14.0. The minimum absolute atomic E-state index is 0.0401. The number of hydrogen-bond acceptors (Lipinski definition) is 3. The minimum Gasteiger partial charge on any atom is -0.494 e. The van der Waals surface area contributed by atoms with Gasteiger partial charge in [-0.1, -0.05) is 24.3 Å². The van der Waals surface area contributed by atoms with Crippen molar-refractivity contribution in [1.29, 1.82) is 0 Å². The molecule has 4 nitrogen and oxygen atoms in total. The highest BCUT2D eigenvalue weighted by Gasteiger charge is 2.05. The molecule has 0 atom stereocenters. The van der Waals surface area contributed by atoms with E-state index in [9.17, 15) is 4.79 Å². The molecule has 0 aliphatic carbocycles. The number of carbonyl (C=O) groups excluding carboxylic acids is 1. The molecular formula is C21H27NO3. The lowest BCUT2D eigenvalue weighted by molar-refractivity contribution is -0.123. The van der Waals surface area contributed by atoms with Crippen molar-refractivity contribution in [3.05, 3.63) is 59.2 Å². The Bertz CT molecular complexity index is 677. The van der Waals surface area contributed by atoms with Crippen LogP contribution in [0.25, 0.3) is 0 Å². The summed E-state index contributed by atoms with van der Waals surface area (Å²) in [6.45, 7) is 7.32. The number of hydrogen-bond donors (Lipinski definition) is 1. The third-order valence-corrected chi connectivity index (χ3v) is 3.78. The lowest BCUT2D eigenvalue weighted by Crippen LogP contribution is -2.29. The Morgan fingerprint density at radius 3 is 2.48 bits per heavy atom. The maximum absolute atomic E-state index is 11.9. The van der Waals surface area contributed by atoms with Crippen molar-refractivity contribution in [2.75, 3.05) is 19.8 Å².